The number of pyridine rings is 1. The summed E-state index contributed by atoms with van der Waals surface area (Å²) in [5, 5.41) is 9.16. The first-order chi connectivity index (χ1) is 9.37. The lowest BCUT2D eigenvalue weighted by atomic mass is 10.1. The highest BCUT2D eigenvalue weighted by molar-refractivity contribution is 7.91. The number of rotatable bonds is 2. The second kappa shape index (κ2) is 4.46. The molecule has 0 spiro atoms. The van der Waals surface area contributed by atoms with Crippen molar-refractivity contribution in [2.75, 3.05) is 11.5 Å². The Labute approximate surface area is 119 Å². The molecule has 8 heteroatoms. The van der Waals surface area contributed by atoms with Crippen LogP contribution in [0.3, 0.4) is 0 Å². The SMILES string of the molecule is O=C(O)c1ccn2c(C3CCS(=O)(=O)C3)nc(Cl)c2c1. The normalized spacial score (nSPS) is 21.4. The van der Waals surface area contributed by atoms with Crippen LogP contribution in [-0.4, -0.2) is 40.4 Å². The van der Waals surface area contributed by atoms with Gasteiger partial charge < -0.3 is 9.51 Å². The number of carboxylic acids is 1. The lowest BCUT2D eigenvalue weighted by molar-refractivity contribution is 0.0697. The summed E-state index contributed by atoms with van der Waals surface area (Å²) in [4.78, 5) is 15.2. The van der Waals surface area contributed by atoms with Crippen LogP contribution in [0.25, 0.3) is 5.52 Å². The molecule has 1 fully saturated rings. The van der Waals surface area contributed by atoms with Crippen LogP contribution in [-0.2, 0) is 9.84 Å². The van der Waals surface area contributed by atoms with E-state index in [2.05, 4.69) is 4.98 Å². The van der Waals surface area contributed by atoms with Gasteiger partial charge in [-0.15, -0.1) is 0 Å². The van der Waals surface area contributed by atoms with E-state index in [9.17, 15) is 13.2 Å². The molecule has 2 aromatic heterocycles. The molecule has 0 amide bonds. The van der Waals surface area contributed by atoms with Gasteiger partial charge in [0.05, 0.1) is 22.6 Å². The number of sulfone groups is 1. The molecule has 1 aliphatic heterocycles. The fraction of sp³-hybridized carbons (Fsp3) is 0.333. The molecule has 1 aliphatic rings. The van der Waals surface area contributed by atoms with Crippen LogP contribution in [0.2, 0.25) is 5.15 Å². The van der Waals surface area contributed by atoms with Crippen molar-refractivity contribution >= 4 is 32.9 Å². The third-order valence-corrected chi connectivity index (χ3v) is 5.52. The third kappa shape index (κ3) is 2.16. The van der Waals surface area contributed by atoms with Crippen molar-refractivity contribution in [3.63, 3.8) is 0 Å². The smallest absolute Gasteiger partial charge is 0.335 e. The summed E-state index contributed by atoms with van der Waals surface area (Å²) in [7, 11) is -3.02. The van der Waals surface area contributed by atoms with E-state index in [0.29, 0.717) is 17.8 Å². The third-order valence-electron chi connectivity index (χ3n) is 3.47. The molecule has 0 aliphatic carbocycles. The molecule has 0 radical (unpaired) electrons. The molecule has 0 bridgehead atoms. The van der Waals surface area contributed by atoms with Gasteiger partial charge in [-0.25, -0.2) is 18.2 Å². The standard InChI is InChI=1S/C12H11ClN2O4S/c13-10-9-5-7(12(16)17)1-3-15(9)11(14-10)8-2-4-20(18,19)6-8/h1,3,5,8H,2,4,6H2,(H,16,17). The number of hydrogen-bond donors (Lipinski definition) is 1. The van der Waals surface area contributed by atoms with E-state index in [1.165, 1.54) is 12.1 Å². The number of fused-ring (bicyclic) bond motifs is 1. The minimum Gasteiger partial charge on any atom is -0.478 e. The molecule has 1 atom stereocenters. The molecule has 6 nitrogen and oxygen atoms in total. The first-order valence-corrected chi connectivity index (χ1v) is 8.18. The highest BCUT2D eigenvalue weighted by Crippen LogP contribution is 2.31. The monoisotopic (exact) mass is 314 g/mol. The van der Waals surface area contributed by atoms with Crippen LogP contribution in [0.4, 0.5) is 0 Å². The summed E-state index contributed by atoms with van der Waals surface area (Å²) >= 11 is 6.03. The predicted octanol–water partition coefficient (Wildman–Crippen LogP) is 1.59. The number of carboxylic acid groups (broad SMARTS) is 1. The Kier molecular flexibility index (Phi) is 2.98. The summed E-state index contributed by atoms with van der Waals surface area (Å²) in [6, 6.07) is 2.88. The molecular weight excluding hydrogens is 304 g/mol. The minimum atomic E-state index is -3.02. The van der Waals surface area contributed by atoms with Gasteiger partial charge >= 0.3 is 5.97 Å². The van der Waals surface area contributed by atoms with E-state index < -0.39 is 15.8 Å². The molecule has 2 aromatic rings. The molecule has 1 N–H and O–H groups in total. The van der Waals surface area contributed by atoms with Crippen molar-refractivity contribution < 1.29 is 18.3 Å². The van der Waals surface area contributed by atoms with Gasteiger partial charge in [0.25, 0.3) is 0 Å². The van der Waals surface area contributed by atoms with Crippen LogP contribution >= 0.6 is 11.6 Å². The van der Waals surface area contributed by atoms with E-state index in [1.54, 1.807) is 10.6 Å². The lowest BCUT2D eigenvalue weighted by Gasteiger charge is -2.06. The van der Waals surface area contributed by atoms with E-state index in [0.717, 1.165) is 0 Å². The highest BCUT2D eigenvalue weighted by Gasteiger charge is 2.32. The van der Waals surface area contributed by atoms with Crippen LogP contribution in [0.1, 0.15) is 28.5 Å². The van der Waals surface area contributed by atoms with Crippen LogP contribution in [0.15, 0.2) is 18.3 Å². The van der Waals surface area contributed by atoms with E-state index in [4.69, 9.17) is 16.7 Å². The Bertz CT molecular complexity index is 812. The van der Waals surface area contributed by atoms with Crippen LogP contribution in [0.5, 0.6) is 0 Å². The Morgan fingerprint density at radius 1 is 1.50 bits per heavy atom. The number of aromatic carboxylic acids is 1. The maximum Gasteiger partial charge on any atom is 0.335 e. The molecular formula is C12H11ClN2O4S. The summed E-state index contributed by atoms with van der Waals surface area (Å²) in [6.45, 7) is 0. The minimum absolute atomic E-state index is 0.0587. The molecule has 3 rings (SSSR count). The van der Waals surface area contributed by atoms with Gasteiger partial charge in [-0.3, -0.25) is 0 Å². The van der Waals surface area contributed by atoms with Crippen molar-refractivity contribution in [3.8, 4) is 0 Å². The fourth-order valence-corrected chi connectivity index (χ4v) is 4.46. The summed E-state index contributed by atoms with van der Waals surface area (Å²) in [6.07, 6.45) is 2.08. The first kappa shape index (κ1) is 13.4. The van der Waals surface area contributed by atoms with Gasteiger partial charge in [0.2, 0.25) is 0 Å². The van der Waals surface area contributed by atoms with Gasteiger partial charge in [0.15, 0.2) is 15.0 Å². The van der Waals surface area contributed by atoms with Crippen molar-refractivity contribution in [1.29, 1.82) is 0 Å². The average Bonchev–Trinajstić information content (AvgIpc) is 2.90. The number of carbonyl (C=O) groups is 1. The van der Waals surface area contributed by atoms with Crippen molar-refractivity contribution in [3.05, 3.63) is 34.9 Å². The van der Waals surface area contributed by atoms with Crippen LogP contribution in [0, 0.1) is 0 Å². The van der Waals surface area contributed by atoms with E-state index in [1.807, 2.05) is 0 Å². The maximum absolute atomic E-state index is 11.6. The molecule has 0 saturated carbocycles. The van der Waals surface area contributed by atoms with Crippen molar-refractivity contribution in [2.24, 2.45) is 0 Å². The van der Waals surface area contributed by atoms with Gasteiger partial charge in [0.1, 0.15) is 5.82 Å². The quantitative estimate of drug-likeness (QED) is 0.909. The number of halogens is 1. The second-order valence-electron chi connectivity index (χ2n) is 4.84. The van der Waals surface area contributed by atoms with Gasteiger partial charge in [-0.2, -0.15) is 0 Å². The number of aromatic nitrogens is 2. The Morgan fingerprint density at radius 3 is 2.85 bits per heavy atom. The molecule has 1 saturated heterocycles. The largest absolute Gasteiger partial charge is 0.478 e. The summed E-state index contributed by atoms with van der Waals surface area (Å²) in [5.74, 6) is -0.464. The topological polar surface area (TPSA) is 88.7 Å². The zero-order valence-electron chi connectivity index (χ0n) is 10.3. The van der Waals surface area contributed by atoms with Crippen molar-refractivity contribution in [1.82, 2.24) is 9.38 Å². The predicted molar refractivity (Wildman–Crippen MR) is 73.2 cm³/mol. The maximum atomic E-state index is 11.6. The van der Waals surface area contributed by atoms with E-state index in [-0.39, 0.29) is 28.1 Å². The lowest BCUT2D eigenvalue weighted by Crippen LogP contribution is -2.07. The van der Waals surface area contributed by atoms with E-state index >= 15 is 0 Å². The molecule has 3 heterocycles. The Hall–Kier alpha value is -1.60. The first-order valence-electron chi connectivity index (χ1n) is 5.98. The number of imidazole rings is 1. The van der Waals surface area contributed by atoms with Crippen molar-refractivity contribution in [2.45, 2.75) is 12.3 Å². The fourth-order valence-electron chi connectivity index (χ4n) is 2.49. The van der Waals surface area contributed by atoms with Gasteiger partial charge in [-0.1, -0.05) is 11.6 Å². The van der Waals surface area contributed by atoms with Crippen LogP contribution < -0.4 is 0 Å². The van der Waals surface area contributed by atoms with Gasteiger partial charge in [-0.05, 0) is 18.6 Å². The summed E-state index contributed by atoms with van der Waals surface area (Å²) < 4.78 is 24.8. The zero-order valence-corrected chi connectivity index (χ0v) is 11.9. The molecule has 20 heavy (non-hydrogen) atoms. The molecule has 106 valence electrons. The average molecular weight is 315 g/mol. The number of nitrogens with zero attached hydrogens (tertiary/aromatic N) is 2. The Balaban J connectivity index is 2.12. The van der Waals surface area contributed by atoms with Gasteiger partial charge in [0, 0.05) is 12.1 Å². The second-order valence-corrected chi connectivity index (χ2v) is 7.42. The summed E-state index contributed by atoms with van der Waals surface area (Å²) in [5.41, 5.74) is 0.593. The highest BCUT2D eigenvalue weighted by atomic mass is 35.5. The number of hydrogen-bond acceptors (Lipinski definition) is 4. The Morgan fingerprint density at radius 2 is 2.25 bits per heavy atom. The molecule has 1 unspecified atom stereocenters. The molecule has 0 aromatic carbocycles. The zero-order chi connectivity index (χ0) is 14.5.